The van der Waals surface area contributed by atoms with E-state index >= 15 is 0 Å². The van der Waals surface area contributed by atoms with Crippen molar-refractivity contribution in [3.63, 3.8) is 0 Å². The summed E-state index contributed by atoms with van der Waals surface area (Å²) in [7, 11) is 0. The van der Waals surface area contributed by atoms with Crippen molar-refractivity contribution in [2.24, 2.45) is 0 Å². The van der Waals surface area contributed by atoms with Gasteiger partial charge in [0, 0.05) is 12.5 Å². The van der Waals surface area contributed by atoms with Crippen molar-refractivity contribution < 1.29 is 18.8 Å². The Kier molecular flexibility index (Phi) is 4.85. The Morgan fingerprint density at radius 2 is 2.17 bits per heavy atom. The minimum absolute atomic E-state index is 0.177. The molecule has 0 saturated carbocycles. The van der Waals surface area contributed by atoms with Crippen LogP contribution in [0.3, 0.4) is 0 Å². The van der Waals surface area contributed by atoms with E-state index in [1.54, 1.807) is 24.3 Å². The molecule has 0 bridgehead atoms. The van der Waals surface area contributed by atoms with E-state index in [1.807, 2.05) is 24.3 Å². The number of amides is 1. The SMILES string of the molecule is Cc1cc(NC(=O)COC(=O)CCc2nc3ccccc3s2)no1. The first-order chi connectivity index (χ1) is 11.6. The van der Waals surface area contributed by atoms with E-state index in [9.17, 15) is 9.59 Å². The summed E-state index contributed by atoms with van der Waals surface area (Å²) in [4.78, 5) is 27.8. The van der Waals surface area contributed by atoms with Crippen molar-refractivity contribution in [2.75, 3.05) is 11.9 Å². The highest BCUT2D eigenvalue weighted by Crippen LogP contribution is 2.22. The highest BCUT2D eigenvalue weighted by molar-refractivity contribution is 7.18. The van der Waals surface area contributed by atoms with Crippen molar-refractivity contribution in [1.82, 2.24) is 10.1 Å². The fraction of sp³-hybridized carbons (Fsp3) is 0.250. The smallest absolute Gasteiger partial charge is 0.306 e. The summed E-state index contributed by atoms with van der Waals surface area (Å²) in [6.45, 7) is 1.36. The van der Waals surface area contributed by atoms with E-state index in [0.29, 0.717) is 18.0 Å². The predicted molar refractivity (Wildman–Crippen MR) is 88.8 cm³/mol. The van der Waals surface area contributed by atoms with E-state index in [2.05, 4.69) is 15.5 Å². The number of carbonyl (C=O) groups is 2. The Balaban J connectivity index is 1.43. The summed E-state index contributed by atoms with van der Waals surface area (Å²) in [6.07, 6.45) is 0.665. The van der Waals surface area contributed by atoms with Gasteiger partial charge in [0.1, 0.15) is 5.76 Å². The topological polar surface area (TPSA) is 94.3 Å². The minimum Gasteiger partial charge on any atom is -0.456 e. The first-order valence-corrected chi connectivity index (χ1v) is 8.15. The predicted octanol–water partition coefficient (Wildman–Crippen LogP) is 2.71. The maximum absolute atomic E-state index is 11.7. The van der Waals surface area contributed by atoms with Crippen molar-refractivity contribution >= 4 is 39.2 Å². The molecule has 2 heterocycles. The molecule has 0 fully saturated rings. The molecule has 0 radical (unpaired) electrons. The highest BCUT2D eigenvalue weighted by atomic mass is 32.1. The lowest BCUT2D eigenvalue weighted by atomic mass is 10.3. The van der Waals surface area contributed by atoms with Gasteiger partial charge in [-0.1, -0.05) is 17.3 Å². The molecule has 1 aromatic carbocycles. The van der Waals surface area contributed by atoms with Gasteiger partial charge in [-0.15, -0.1) is 11.3 Å². The van der Waals surface area contributed by atoms with Crippen LogP contribution in [0.1, 0.15) is 17.2 Å². The molecule has 0 aliphatic heterocycles. The van der Waals surface area contributed by atoms with Gasteiger partial charge in [0.2, 0.25) is 0 Å². The van der Waals surface area contributed by atoms with Gasteiger partial charge >= 0.3 is 5.97 Å². The van der Waals surface area contributed by atoms with Crippen LogP contribution < -0.4 is 5.32 Å². The molecule has 8 heteroatoms. The molecule has 124 valence electrons. The van der Waals surface area contributed by atoms with Gasteiger partial charge in [0.25, 0.3) is 5.91 Å². The average molecular weight is 345 g/mol. The number of nitrogens with zero attached hydrogens (tertiary/aromatic N) is 2. The molecule has 0 aliphatic rings. The number of thiazole rings is 1. The van der Waals surface area contributed by atoms with Gasteiger partial charge in [0.05, 0.1) is 21.6 Å². The maximum Gasteiger partial charge on any atom is 0.306 e. The summed E-state index contributed by atoms with van der Waals surface area (Å²) in [5.74, 6) is -0.0291. The van der Waals surface area contributed by atoms with Crippen LogP contribution in [-0.2, 0) is 20.7 Å². The lowest BCUT2D eigenvalue weighted by Gasteiger charge is -2.03. The molecule has 1 amide bonds. The van der Waals surface area contributed by atoms with Crippen molar-refractivity contribution in [2.45, 2.75) is 19.8 Å². The number of ether oxygens (including phenoxy) is 1. The number of para-hydroxylation sites is 1. The Bertz CT molecular complexity index is 838. The van der Waals surface area contributed by atoms with Crippen LogP contribution in [0, 0.1) is 6.92 Å². The zero-order valence-electron chi connectivity index (χ0n) is 12.9. The fourth-order valence-corrected chi connectivity index (χ4v) is 3.03. The van der Waals surface area contributed by atoms with Gasteiger partial charge in [-0.3, -0.25) is 9.59 Å². The van der Waals surface area contributed by atoms with E-state index in [4.69, 9.17) is 9.26 Å². The van der Waals surface area contributed by atoms with Crippen LogP contribution in [0.25, 0.3) is 10.2 Å². The molecular weight excluding hydrogens is 330 g/mol. The molecule has 0 saturated heterocycles. The van der Waals surface area contributed by atoms with Crippen LogP contribution in [-0.4, -0.2) is 28.6 Å². The van der Waals surface area contributed by atoms with E-state index in [-0.39, 0.29) is 13.0 Å². The monoisotopic (exact) mass is 345 g/mol. The van der Waals surface area contributed by atoms with Crippen molar-refractivity contribution in [1.29, 1.82) is 0 Å². The first kappa shape index (κ1) is 16.1. The molecule has 24 heavy (non-hydrogen) atoms. The standard InChI is InChI=1S/C16H15N3O4S/c1-10-8-13(19-23-10)18-14(20)9-22-16(21)7-6-15-17-11-4-2-3-5-12(11)24-15/h2-5,8H,6-7,9H2,1H3,(H,18,19,20). The number of aromatic nitrogens is 2. The number of esters is 1. The number of benzene rings is 1. The number of anilines is 1. The number of carbonyl (C=O) groups excluding carboxylic acids is 2. The largest absolute Gasteiger partial charge is 0.456 e. The molecule has 2 aromatic heterocycles. The van der Waals surface area contributed by atoms with E-state index in [0.717, 1.165) is 15.2 Å². The summed E-state index contributed by atoms with van der Waals surface area (Å²) >= 11 is 1.55. The van der Waals surface area contributed by atoms with Crippen LogP contribution in [0.2, 0.25) is 0 Å². The van der Waals surface area contributed by atoms with Gasteiger partial charge < -0.3 is 14.6 Å². The van der Waals surface area contributed by atoms with Gasteiger partial charge in [-0.05, 0) is 19.1 Å². The van der Waals surface area contributed by atoms with Crippen LogP contribution in [0.4, 0.5) is 5.82 Å². The Labute approximate surface area is 141 Å². The number of nitrogens with one attached hydrogen (secondary N) is 1. The summed E-state index contributed by atoms with van der Waals surface area (Å²) in [5.41, 5.74) is 0.924. The summed E-state index contributed by atoms with van der Waals surface area (Å²) in [5, 5.41) is 6.97. The number of aryl methyl sites for hydroxylation is 2. The molecule has 7 nitrogen and oxygen atoms in total. The van der Waals surface area contributed by atoms with Gasteiger partial charge in [-0.2, -0.15) is 0 Å². The zero-order chi connectivity index (χ0) is 16.9. The van der Waals surface area contributed by atoms with Crippen molar-refractivity contribution in [3.8, 4) is 0 Å². The number of fused-ring (bicyclic) bond motifs is 1. The quantitative estimate of drug-likeness (QED) is 0.690. The van der Waals surface area contributed by atoms with Crippen LogP contribution in [0.5, 0.6) is 0 Å². The normalized spacial score (nSPS) is 10.7. The second kappa shape index (κ2) is 7.22. The van der Waals surface area contributed by atoms with Crippen LogP contribution in [0.15, 0.2) is 34.9 Å². The average Bonchev–Trinajstić information content (AvgIpc) is 3.16. The minimum atomic E-state index is -0.461. The number of hydrogen-bond donors (Lipinski definition) is 1. The van der Waals surface area contributed by atoms with E-state index < -0.39 is 11.9 Å². The molecule has 1 N–H and O–H groups in total. The fourth-order valence-electron chi connectivity index (χ4n) is 2.06. The molecule has 3 rings (SSSR count). The first-order valence-electron chi connectivity index (χ1n) is 7.33. The molecule has 0 spiro atoms. The lowest BCUT2D eigenvalue weighted by Crippen LogP contribution is -2.21. The molecule has 0 atom stereocenters. The summed E-state index contributed by atoms with van der Waals surface area (Å²) in [6, 6.07) is 9.38. The third-order valence-corrected chi connectivity index (χ3v) is 4.24. The summed E-state index contributed by atoms with van der Waals surface area (Å²) < 4.78 is 10.9. The second-order valence-corrected chi connectivity index (χ2v) is 6.22. The Hall–Kier alpha value is -2.74. The second-order valence-electron chi connectivity index (χ2n) is 5.11. The highest BCUT2D eigenvalue weighted by Gasteiger charge is 2.11. The molecule has 0 unspecified atom stereocenters. The van der Waals surface area contributed by atoms with Gasteiger partial charge in [0.15, 0.2) is 12.4 Å². The molecular formula is C16H15N3O4S. The lowest BCUT2D eigenvalue weighted by molar-refractivity contribution is -0.147. The number of hydrogen-bond acceptors (Lipinski definition) is 7. The molecule has 3 aromatic rings. The third-order valence-electron chi connectivity index (χ3n) is 3.14. The van der Waals surface area contributed by atoms with E-state index in [1.165, 1.54) is 0 Å². The third kappa shape index (κ3) is 4.17. The number of rotatable bonds is 6. The maximum atomic E-state index is 11.7. The van der Waals surface area contributed by atoms with Crippen LogP contribution >= 0.6 is 11.3 Å². The van der Waals surface area contributed by atoms with Crippen molar-refractivity contribution in [3.05, 3.63) is 41.1 Å². The Morgan fingerprint density at radius 1 is 1.33 bits per heavy atom. The Morgan fingerprint density at radius 3 is 2.92 bits per heavy atom. The zero-order valence-corrected chi connectivity index (χ0v) is 13.8. The van der Waals surface area contributed by atoms with Gasteiger partial charge in [-0.25, -0.2) is 4.98 Å². The molecule has 0 aliphatic carbocycles.